The summed E-state index contributed by atoms with van der Waals surface area (Å²) in [6, 6.07) is 8.15. The fourth-order valence-electron chi connectivity index (χ4n) is 2.73. The van der Waals surface area contributed by atoms with Gasteiger partial charge in [0.2, 0.25) is 10.1 Å². The summed E-state index contributed by atoms with van der Waals surface area (Å²) in [4.78, 5) is 5.32. The van der Waals surface area contributed by atoms with E-state index in [9.17, 15) is 0 Å². The number of fused-ring (bicyclic) bond motifs is 1. The number of nitrogens with one attached hydrogen (secondary N) is 1. The minimum atomic E-state index is 0.249. The highest BCUT2D eigenvalue weighted by Gasteiger charge is 2.15. The van der Waals surface area contributed by atoms with Crippen LogP contribution in [0.1, 0.15) is 24.1 Å². The van der Waals surface area contributed by atoms with Gasteiger partial charge in [-0.15, -0.1) is 5.10 Å². The van der Waals surface area contributed by atoms with Gasteiger partial charge in [0.25, 0.3) is 0 Å². The molecule has 0 aliphatic carbocycles. The van der Waals surface area contributed by atoms with E-state index in [-0.39, 0.29) is 6.10 Å². The molecular weight excluding hydrogens is 324 g/mol. The van der Waals surface area contributed by atoms with Crippen molar-refractivity contribution in [2.75, 3.05) is 18.5 Å². The van der Waals surface area contributed by atoms with Crippen LogP contribution in [0, 0.1) is 6.92 Å². The minimum Gasteiger partial charge on any atom is -0.491 e. The first-order valence-electron chi connectivity index (χ1n) is 8.16. The fraction of sp³-hybridized carbons (Fsp3) is 0.412. The van der Waals surface area contributed by atoms with Crippen molar-refractivity contribution >= 4 is 21.4 Å². The topological polar surface area (TPSA) is 60.7 Å². The van der Waals surface area contributed by atoms with Gasteiger partial charge < -0.3 is 14.8 Å². The molecular formula is C17H20N4O2S. The van der Waals surface area contributed by atoms with Crippen molar-refractivity contribution < 1.29 is 9.47 Å². The Balaban J connectivity index is 1.30. The van der Waals surface area contributed by atoms with Crippen LogP contribution in [0.3, 0.4) is 0 Å². The average Bonchev–Trinajstić information content (AvgIpc) is 3.28. The van der Waals surface area contributed by atoms with Crippen LogP contribution in [0.2, 0.25) is 0 Å². The maximum absolute atomic E-state index is 5.78. The highest BCUT2D eigenvalue weighted by molar-refractivity contribution is 7.20. The van der Waals surface area contributed by atoms with Gasteiger partial charge in [0.05, 0.1) is 18.0 Å². The van der Waals surface area contributed by atoms with Crippen molar-refractivity contribution in [3.05, 3.63) is 41.7 Å². The molecule has 1 aliphatic rings. The lowest BCUT2D eigenvalue weighted by Crippen LogP contribution is -2.16. The van der Waals surface area contributed by atoms with E-state index in [0.717, 1.165) is 47.5 Å². The zero-order chi connectivity index (χ0) is 16.4. The lowest BCUT2D eigenvalue weighted by Gasteiger charge is -2.11. The Labute approximate surface area is 144 Å². The maximum atomic E-state index is 5.78. The van der Waals surface area contributed by atoms with Crippen LogP contribution in [0.15, 0.2) is 30.5 Å². The smallest absolute Gasteiger partial charge is 0.214 e. The van der Waals surface area contributed by atoms with Crippen LogP contribution in [-0.4, -0.2) is 33.9 Å². The molecule has 24 heavy (non-hydrogen) atoms. The second kappa shape index (κ2) is 6.78. The number of aryl methyl sites for hydroxylation is 1. The third kappa shape index (κ3) is 3.52. The quantitative estimate of drug-likeness (QED) is 0.744. The zero-order valence-corrected chi connectivity index (χ0v) is 14.4. The first kappa shape index (κ1) is 15.4. The summed E-state index contributed by atoms with van der Waals surface area (Å²) in [6.07, 6.45) is 4.41. The van der Waals surface area contributed by atoms with Gasteiger partial charge in [-0.3, -0.25) is 0 Å². The number of aromatic nitrogens is 3. The predicted octanol–water partition coefficient (Wildman–Crippen LogP) is 3.27. The van der Waals surface area contributed by atoms with E-state index in [2.05, 4.69) is 27.5 Å². The monoisotopic (exact) mass is 344 g/mol. The highest BCUT2D eigenvalue weighted by Crippen LogP contribution is 2.20. The number of imidazole rings is 1. The summed E-state index contributed by atoms with van der Waals surface area (Å²) in [5, 5.41) is 8.67. The molecule has 0 unspecified atom stereocenters. The van der Waals surface area contributed by atoms with Crippen LogP contribution in [0.4, 0.5) is 5.13 Å². The minimum absolute atomic E-state index is 0.249. The van der Waals surface area contributed by atoms with Crippen LogP contribution in [0.25, 0.3) is 4.96 Å². The fourth-order valence-corrected chi connectivity index (χ4v) is 3.55. The van der Waals surface area contributed by atoms with Gasteiger partial charge in [-0.05, 0) is 37.5 Å². The summed E-state index contributed by atoms with van der Waals surface area (Å²) in [5.41, 5.74) is 2.17. The van der Waals surface area contributed by atoms with Crippen LogP contribution in [-0.2, 0) is 11.3 Å². The summed E-state index contributed by atoms with van der Waals surface area (Å²) in [6.45, 7) is 4.19. The standard InChI is InChI=1S/C17H20N4O2S/c1-12-10-21-17(19-12)24-16(20-21)18-9-13-4-6-14(7-5-13)23-11-15-3-2-8-22-15/h4-7,10,15H,2-3,8-9,11H2,1H3,(H,18,20)/t15-/m0/s1. The normalized spacial score (nSPS) is 17.5. The zero-order valence-electron chi connectivity index (χ0n) is 13.6. The number of hydrogen-bond acceptors (Lipinski definition) is 6. The lowest BCUT2D eigenvalue weighted by molar-refractivity contribution is 0.0679. The first-order chi connectivity index (χ1) is 11.8. The van der Waals surface area contributed by atoms with Crippen molar-refractivity contribution in [3.8, 4) is 5.75 Å². The van der Waals surface area contributed by atoms with E-state index in [4.69, 9.17) is 9.47 Å². The molecule has 0 amide bonds. The second-order valence-electron chi connectivity index (χ2n) is 5.96. The third-order valence-corrected chi connectivity index (χ3v) is 4.87. The van der Waals surface area contributed by atoms with Gasteiger partial charge in [0.1, 0.15) is 12.4 Å². The summed E-state index contributed by atoms with van der Waals surface area (Å²) in [7, 11) is 0. The Morgan fingerprint density at radius 2 is 2.25 bits per heavy atom. The molecule has 6 nitrogen and oxygen atoms in total. The van der Waals surface area contributed by atoms with Crippen molar-refractivity contribution in [2.45, 2.75) is 32.4 Å². The van der Waals surface area contributed by atoms with Gasteiger partial charge in [0.15, 0.2) is 0 Å². The molecule has 0 radical (unpaired) electrons. The van der Waals surface area contributed by atoms with E-state index in [0.29, 0.717) is 6.61 Å². The number of hydrogen-bond donors (Lipinski definition) is 1. The Morgan fingerprint density at radius 3 is 3.00 bits per heavy atom. The number of ether oxygens (including phenoxy) is 2. The van der Waals surface area contributed by atoms with Crippen LogP contribution >= 0.6 is 11.3 Å². The van der Waals surface area contributed by atoms with Gasteiger partial charge in [-0.25, -0.2) is 9.50 Å². The van der Waals surface area contributed by atoms with Crippen LogP contribution < -0.4 is 10.1 Å². The van der Waals surface area contributed by atoms with E-state index in [1.807, 2.05) is 29.8 Å². The summed E-state index contributed by atoms with van der Waals surface area (Å²) >= 11 is 1.55. The van der Waals surface area contributed by atoms with E-state index < -0.39 is 0 Å². The molecule has 126 valence electrons. The van der Waals surface area contributed by atoms with E-state index in [1.165, 1.54) is 5.56 Å². The lowest BCUT2D eigenvalue weighted by atomic mass is 10.2. The molecule has 0 spiro atoms. The average molecular weight is 344 g/mol. The Morgan fingerprint density at radius 1 is 1.38 bits per heavy atom. The summed E-state index contributed by atoms with van der Waals surface area (Å²) < 4.78 is 13.2. The van der Waals surface area contributed by atoms with Gasteiger partial charge in [-0.1, -0.05) is 23.5 Å². The predicted molar refractivity (Wildman–Crippen MR) is 93.8 cm³/mol. The molecule has 4 rings (SSSR count). The van der Waals surface area contributed by atoms with Gasteiger partial charge >= 0.3 is 0 Å². The molecule has 0 saturated carbocycles. The Bertz CT molecular complexity index is 774. The van der Waals surface area contributed by atoms with Crippen molar-refractivity contribution in [1.29, 1.82) is 0 Å². The SMILES string of the molecule is Cc1cn2nc(NCc3ccc(OC[C@@H]4CCCO4)cc3)sc2n1. The Kier molecular flexibility index (Phi) is 4.36. The molecule has 1 saturated heterocycles. The Hall–Kier alpha value is -2.12. The van der Waals surface area contributed by atoms with Gasteiger partial charge in [0, 0.05) is 13.2 Å². The molecule has 2 aromatic heterocycles. The molecule has 7 heteroatoms. The molecule has 1 atom stereocenters. The number of nitrogens with zero attached hydrogens (tertiary/aromatic N) is 3. The number of anilines is 1. The highest BCUT2D eigenvalue weighted by atomic mass is 32.1. The third-order valence-electron chi connectivity index (χ3n) is 3.99. The second-order valence-corrected chi connectivity index (χ2v) is 6.92. The van der Waals surface area contributed by atoms with Crippen molar-refractivity contribution in [3.63, 3.8) is 0 Å². The van der Waals surface area contributed by atoms with E-state index in [1.54, 1.807) is 11.3 Å². The van der Waals surface area contributed by atoms with Crippen LogP contribution in [0.5, 0.6) is 5.75 Å². The van der Waals surface area contributed by atoms with Crippen molar-refractivity contribution in [1.82, 2.24) is 14.6 Å². The molecule has 0 bridgehead atoms. The summed E-state index contributed by atoms with van der Waals surface area (Å²) in [5.74, 6) is 0.887. The molecule has 1 aliphatic heterocycles. The molecule has 3 heterocycles. The first-order valence-corrected chi connectivity index (χ1v) is 8.98. The molecule has 1 aromatic carbocycles. The maximum Gasteiger partial charge on any atom is 0.214 e. The van der Waals surface area contributed by atoms with Gasteiger partial charge in [-0.2, -0.15) is 0 Å². The molecule has 1 fully saturated rings. The number of rotatable bonds is 6. The van der Waals surface area contributed by atoms with E-state index >= 15 is 0 Å². The number of benzene rings is 1. The molecule has 3 aromatic rings. The molecule has 1 N–H and O–H groups in total. The largest absolute Gasteiger partial charge is 0.491 e. The van der Waals surface area contributed by atoms with Crippen molar-refractivity contribution in [2.24, 2.45) is 0 Å².